The zero-order chi connectivity index (χ0) is 31.6. The van der Waals surface area contributed by atoms with Gasteiger partial charge in [-0.15, -0.1) is 0 Å². The molecule has 10 rings (SSSR count). The summed E-state index contributed by atoms with van der Waals surface area (Å²) in [6, 6.07) is 54.2. The van der Waals surface area contributed by atoms with Crippen molar-refractivity contribution in [2.75, 3.05) is 0 Å². The molecule has 0 aliphatic carbocycles. The van der Waals surface area contributed by atoms with Gasteiger partial charge in [0.15, 0.2) is 5.82 Å². The maximum absolute atomic E-state index is 6.84. The van der Waals surface area contributed by atoms with Gasteiger partial charge in [0.25, 0.3) is 0 Å². The quantitative estimate of drug-likeness (QED) is 0.198. The second-order valence-corrected chi connectivity index (χ2v) is 12.1. The zero-order valence-corrected chi connectivity index (χ0v) is 25.7. The average molecular weight is 615 g/mol. The molecule has 0 aliphatic heterocycles. The summed E-state index contributed by atoms with van der Waals surface area (Å²) in [7, 11) is 0. The summed E-state index contributed by atoms with van der Waals surface area (Å²) in [5.41, 5.74) is 10.1. The van der Waals surface area contributed by atoms with Crippen LogP contribution in [0.1, 0.15) is 0 Å². The number of benzene rings is 7. The third-order valence-electron chi connectivity index (χ3n) is 9.30. The van der Waals surface area contributed by atoms with Crippen LogP contribution in [-0.2, 0) is 0 Å². The highest BCUT2D eigenvalue weighted by Crippen LogP contribution is 2.43. The fourth-order valence-corrected chi connectivity index (χ4v) is 7.15. The topological polar surface area (TPSA) is 52.1 Å². The minimum atomic E-state index is 0.651. The van der Waals surface area contributed by atoms with Crippen molar-refractivity contribution < 1.29 is 8.83 Å². The fraction of sp³-hybridized carbons (Fsp3) is 0. The molecule has 3 heterocycles. The third-order valence-corrected chi connectivity index (χ3v) is 9.30. The van der Waals surface area contributed by atoms with Gasteiger partial charge in [-0.25, -0.2) is 9.97 Å². The first kappa shape index (κ1) is 26.7. The second kappa shape index (κ2) is 10.5. The van der Waals surface area contributed by atoms with Crippen LogP contribution in [-0.4, -0.2) is 9.97 Å². The summed E-state index contributed by atoms with van der Waals surface area (Å²) in [4.78, 5) is 10.3. The molecular formula is C44H26N2O2. The standard InChI is InChI=1S/C44H26N2O2/c1-3-13-27(14-4-1)35-25-40-41(30-18-8-7-17-29(30)35)34-22-11-21-32(43(34)48-40)37-26-36(45-44(46-37)28-15-5-2-6-16-28)31-20-12-24-39-42(31)33-19-9-10-23-38(33)47-39/h1-26H. The molecular weight excluding hydrogens is 588 g/mol. The average Bonchev–Trinajstić information content (AvgIpc) is 3.74. The van der Waals surface area contributed by atoms with Gasteiger partial charge in [-0.1, -0.05) is 127 Å². The van der Waals surface area contributed by atoms with E-state index < -0.39 is 0 Å². The fourth-order valence-electron chi connectivity index (χ4n) is 7.15. The molecule has 0 saturated heterocycles. The van der Waals surface area contributed by atoms with Crippen molar-refractivity contribution in [2.24, 2.45) is 0 Å². The molecule has 0 amide bonds. The van der Waals surface area contributed by atoms with Crippen LogP contribution in [0.3, 0.4) is 0 Å². The molecule has 0 fully saturated rings. The van der Waals surface area contributed by atoms with E-state index in [0.29, 0.717) is 5.82 Å². The SMILES string of the molecule is c1ccc(-c2nc(-c3cccc4c3oc3cc(-c5ccccc5)c5ccccc5c34)cc(-c3cccc4oc5ccccc5c34)n2)cc1. The summed E-state index contributed by atoms with van der Waals surface area (Å²) >= 11 is 0. The van der Waals surface area contributed by atoms with Crippen molar-refractivity contribution in [3.63, 3.8) is 0 Å². The van der Waals surface area contributed by atoms with Gasteiger partial charge in [-0.2, -0.15) is 0 Å². The molecule has 0 atom stereocenters. The number of aromatic nitrogens is 2. The Morgan fingerprint density at radius 3 is 1.77 bits per heavy atom. The van der Waals surface area contributed by atoms with Crippen molar-refractivity contribution in [1.29, 1.82) is 0 Å². The van der Waals surface area contributed by atoms with Crippen LogP contribution >= 0.6 is 0 Å². The lowest BCUT2D eigenvalue weighted by Gasteiger charge is -2.10. The number of nitrogens with zero attached hydrogens (tertiary/aromatic N) is 2. The second-order valence-electron chi connectivity index (χ2n) is 12.1. The van der Waals surface area contributed by atoms with Gasteiger partial charge in [0.05, 0.1) is 11.4 Å². The zero-order valence-electron chi connectivity index (χ0n) is 25.7. The summed E-state index contributed by atoms with van der Waals surface area (Å²) in [6.07, 6.45) is 0. The number of hydrogen-bond donors (Lipinski definition) is 0. The molecule has 3 aromatic heterocycles. The smallest absolute Gasteiger partial charge is 0.160 e. The lowest BCUT2D eigenvalue weighted by atomic mass is 9.94. The molecule has 224 valence electrons. The molecule has 0 radical (unpaired) electrons. The molecule has 48 heavy (non-hydrogen) atoms. The number of fused-ring (bicyclic) bond motifs is 8. The van der Waals surface area contributed by atoms with E-state index in [1.165, 1.54) is 5.39 Å². The van der Waals surface area contributed by atoms with E-state index in [4.69, 9.17) is 18.8 Å². The Labute approximate surface area is 275 Å². The molecule has 7 aromatic carbocycles. The molecule has 4 nitrogen and oxygen atoms in total. The maximum atomic E-state index is 6.84. The molecule has 0 bridgehead atoms. The van der Waals surface area contributed by atoms with Crippen molar-refractivity contribution >= 4 is 54.6 Å². The summed E-state index contributed by atoms with van der Waals surface area (Å²) in [5, 5.41) is 6.62. The van der Waals surface area contributed by atoms with Crippen LogP contribution < -0.4 is 0 Å². The van der Waals surface area contributed by atoms with Crippen LogP contribution in [0.5, 0.6) is 0 Å². The number of hydrogen-bond acceptors (Lipinski definition) is 4. The Bertz CT molecular complexity index is 2830. The highest BCUT2D eigenvalue weighted by molar-refractivity contribution is 6.23. The van der Waals surface area contributed by atoms with E-state index in [1.54, 1.807) is 0 Å². The predicted molar refractivity (Wildman–Crippen MR) is 196 cm³/mol. The van der Waals surface area contributed by atoms with E-state index in [0.717, 1.165) is 88.5 Å². The molecule has 0 spiro atoms. The van der Waals surface area contributed by atoms with Crippen molar-refractivity contribution in [3.8, 4) is 45.0 Å². The van der Waals surface area contributed by atoms with Crippen LogP contribution in [0.2, 0.25) is 0 Å². The Balaban J connectivity index is 1.26. The Morgan fingerprint density at radius 1 is 0.354 bits per heavy atom. The Morgan fingerprint density at radius 2 is 0.958 bits per heavy atom. The van der Waals surface area contributed by atoms with Gasteiger partial charge in [0, 0.05) is 38.2 Å². The summed E-state index contributed by atoms with van der Waals surface area (Å²) in [6.45, 7) is 0. The summed E-state index contributed by atoms with van der Waals surface area (Å²) < 4.78 is 13.1. The number of furan rings is 2. The highest BCUT2D eigenvalue weighted by atomic mass is 16.3. The number of rotatable bonds is 4. The van der Waals surface area contributed by atoms with Crippen molar-refractivity contribution in [2.45, 2.75) is 0 Å². The summed E-state index contributed by atoms with van der Waals surface area (Å²) in [5.74, 6) is 0.651. The van der Waals surface area contributed by atoms with E-state index in [1.807, 2.05) is 54.6 Å². The largest absolute Gasteiger partial charge is 0.456 e. The van der Waals surface area contributed by atoms with E-state index in [9.17, 15) is 0 Å². The Kier molecular flexibility index (Phi) is 5.84. The first-order valence-corrected chi connectivity index (χ1v) is 16.1. The monoisotopic (exact) mass is 614 g/mol. The predicted octanol–water partition coefficient (Wildman–Crippen LogP) is 12.1. The highest BCUT2D eigenvalue weighted by Gasteiger charge is 2.20. The molecule has 0 unspecified atom stereocenters. The minimum absolute atomic E-state index is 0.651. The molecule has 10 aromatic rings. The molecule has 0 aliphatic rings. The van der Waals surface area contributed by atoms with Gasteiger partial charge in [0.1, 0.15) is 22.3 Å². The normalized spacial score (nSPS) is 11.8. The van der Waals surface area contributed by atoms with Crippen LogP contribution in [0.25, 0.3) is 99.7 Å². The molecule has 0 N–H and O–H groups in total. The van der Waals surface area contributed by atoms with Crippen LogP contribution in [0.15, 0.2) is 167 Å². The van der Waals surface area contributed by atoms with Crippen molar-refractivity contribution in [1.82, 2.24) is 9.97 Å². The van der Waals surface area contributed by atoms with Gasteiger partial charge in [0.2, 0.25) is 0 Å². The van der Waals surface area contributed by atoms with E-state index >= 15 is 0 Å². The lowest BCUT2D eigenvalue weighted by Crippen LogP contribution is -1.96. The molecule has 0 saturated carbocycles. The van der Waals surface area contributed by atoms with Gasteiger partial charge >= 0.3 is 0 Å². The van der Waals surface area contributed by atoms with Gasteiger partial charge < -0.3 is 8.83 Å². The van der Waals surface area contributed by atoms with Crippen LogP contribution in [0, 0.1) is 0 Å². The van der Waals surface area contributed by atoms with Gasteiger partial charge in [-0.05, 0) is 52.2 Å². The van der Waals surface area contributed by atoms with E-state index in [-0.39, 0.29) is 0 Å². The third kappa shape index (κ3) is 4.10. The van der Waals surface area contributed by atoms with Crippen molar-refractivity contribution in [3.05, 3.63) is 158 Å². The minimum Gasteiger partial charge on any atom is -0.456 e. The van der Waals surface area contributed by atoms with Crippen LogP contribution in [0.4, 0.5) is 0 Å². The lowest BCUT2D eigenvalue weighted by molar-refractivity contribution is 0.669. The Hall–Kier alpha value is -6.52. The number of para-hydroxylation sites is 2. The molecule has 4 heteroatoms. The van der Waals surface area contributed by atoms with E-state index in [2.05, 4.69) is 103 Å². The van der Waals surface area contributed by atoms with Gasteiger partial charge in [-0.3, -0.25) is 0 Å². The maximum Gasteiger partial charge on any atom is 0.160 e. The first-order valence-electron chi connectivity index (χ1n) is 16.1. The first-order chi connectivity index (χ1) is 23.8.